The van der Waals surface area contributed by atoms with Crippen molar-refractivity contribution in [2.45, 2.75) is 0 Å². The molecule has 0 saturated heterocycles. The monoisotopic (exact) mass is 226 g/mol. The van der Waals surface area contributed by atoms with E-state index >= 15 is 0 Å². The summed E-state index contributed by atoms with van der Waals surface area (Å²) in [6, 6.07) is 12.5. The highest BCUT2D eigenvalue weighted by molar-refractivity contribution is 5.97. The molecule has 2 aromatic carbocycles. The van der Waals surface area contributed by atoms with Gasteiger partial charge in [0.1, 0.15) is 11.8 Å². The van der Waals surface area contributed by atoms with Gasteiger partial charge in [-0.25, -0.2) is 0 Å². The van der Waals surface area contributed by atoms with Crippen molar-refractivity contribution < 1.29 is 9.53 Å². The number of nitriles is 1. The van der Waals surface area contributed by atoms with Crippen molar-refractivity contribution in [3.8, 4) is 11.8 Å². The van der Waals surface area contributed by atoms with Gasteiger partial charge in [-0.15, -0.1) is 0 Å². The Bertz CT molecular complexity index is 614. The summed E-state index contributed by atoms with van der Waals surface area (Å²) in [5.41, 5.74) is 5.68. The Morgan fingerprint density at radius 2 is 1.94 bits per heavy atom. The maximum Gasteiger partial charge on any atom is 0.248 e. The van der Waals surface area contributed by atoms with Crippen LogP contribution in [0.2, 0.25) is 0 Å². The van der Waals surface area contributed by atoms with Crippen molar-refractivity contribution >= 4 is 16.7 Å². The zero-order valence-corrected chi connectivity index (χ0v) is 9.01. The minimum absolute atomic E-state index is 0.0187. The number of benzene rings is 2. The molecule has 0 aromatic heterocycles. The van der Waals surface area contributed by atoms with Gasteiger partial charge < -0.3 is 10.5 Å². The first-order valence-corrected chi connectivity index (χ1v) is 5.04. The first-order valence-electron chi connectivity index (χ1n) is 5.04. The second-order valence-corrected chi connectivity index (χ2v) is 3.53. The van der Waals surface area contributed by atoms with Gasteiger partial charge in [-0.05, 0) is 35.0 Å². The van der Waals surface area contributed by atoms with Crippen molar-refractivity contribution in [3.63, 3.8) is 0 Å². The third-order valence-corrected chi connectivity index (χ3v) is 2.40. The van der Waals surface area contributed by atoms with E-state index < -0.39 is 5.91 Å². The topological polar surface area (TPSA) is 76.1 Å². The average Bonchev–Trinajstić information content (AvgIpc) is 2.35. The second-order valence-electron chi connectivity index (χ2n) is 3.53. The van der Waals surface area contributed by atoms with E-state index in [1.807, 2.05) is 18.2 Å². The number of primary amides is 1. The van der Waals surface area contributed by atoms with E-state index in [0.717, 1.165) is 10.8 Å². The van der Waals surface area contributed by atoms with Gasteiger partial charge >= 0.3 is 0 Å². The molecule has 0 atom stereocenters. The van der Waals surface area contributed by atoms with Crippen molar-refractivity contribution in [1.29, 1.82) is 5.26 Å². The maximum absolute atomic E-state index is 11.0. The Labute approximate surface area is 98.2 Å². The smallest absolute Gasteiger partial charge is 0.248 e. The molecule has 0 spiro atoms. The normalized spacial score (nSPS) is 9.82. The van der Waals surface area contributed by atoms with Crippen LogP contribution in [0.5, 0.6) is 5.75 Å². The largest absolute Gasteiger partial charge is 0.479 e. The van der Waals surface area contributed by atoms with Crippen LogP contribution in [0, 0.1) is 11.3 Å². The molecule has 0 radical (unpaired) electrons. The van der Waals surface area contributed by atoms with E-state index in [4.69, 9.17) is 15.7 Å². The van der Waals surface area contributed by atoms with Crippen LogP contribution in [0.3, 0.4) is 0 Å². The van der Waals surface area contributed by atoms with Gasteiger partial charge in [0.05, 0.1) is 0 Å². The molecule has 2 N–H and O–H groups in total. The molecule has 4 heteroatoms. The molecule has 0 heterocycles. The van der Waals surface area contributed by atoms with E-state index in [-0.39, 0.29) is 6.61 Å². The minimum atomic E-state index is -0.447. The third-order valence-electron chi connectivity index (χ3n) is 2.40. The first kappa shape index (κ1) is 11.0. The summed E-state index contributed by atoms with van der Waals surface area (Å²) in [4.78, 5) is 11.0. The highest BCUT2D eigenvalue weighted by Crippen LogP contribution is 2.21. The number of carbonyl (C=O) groups is 1. The minimum Gasteiger partial charge on any atom is -0.479 e. The van der Waals surface area contributed by atoms with Gasteiger partial charge in [0.25, 0.3) is 0 Å². The lowest BCUT2D eigenvalue weighted by molar-refractivity contribution is 0.100. The number of nitrogens with two attached hydrogens (primary N) is 1. The van der Waals surface area contributed by atoms with Gasteiger partial charge in [-0.3, -0.25) is 4.79 Å². The summed E-state index contributed by atoms with van der Waals surface area (Å²) >= 11 is 0. The molecule has 0 aliphatic carbocycles. The van der Waals surface area contributed by atoms with E-state index in [1.165, 1.54) is 0 Å². The van der Waals surface area contributed by atoms with Crippen LogP contribution in [0.1, 0.15) is 10.4 Å². The van der Waals surface area contributed by atoms with Crippen LogP contribution in [0.4, 0.5) is 0 Å². The number of rotatable bonds is 3. The molecule has 0 bridgehead atoms. The molecular weight excluding hydrogens is 216 g/mol. The summed E-state index contributed by atoms with van der Waals surface area (Å²) in [6.45, 7) is 0.0187. The van der Waals surface area contributed by atoms with Gasteiger partial charge in [0.2, 0.25) is 5.91 Å². The summed E-state index contributed by atoms with van der Waals surface area (Å²) in [5, 5.41) is 10.3. The first-order chi connectivity index (χ1) is 8.20. The summed E-state index contributed by atoms with van der Waals surface area (Å²) in [6.07, 6.45) is 0. The molecule has 0 saturated carbocycles. The number of hydrogen-bond donors (Lipinski definition) is 1. The quantitative estimate of drug-likeness (QED) is 0.867. The number of fused-ring (bicyclic) bond motifs is 1. The molecule has 1 amide bonds. The summed E-state index contributed by atoms with van der Waals surface area (Å²) in [5.74, 6) is 0.183. The highest BCUT2D eigenvalue weighted by atomic mass is 16.5. The van der Waals surface area contributed by atoms with E-state index in [1.54, 1.807) is 24.3 Å². The van der Waals surface area contributed by atoms with Gasteiger partial charge in [0, 0.05) is 5.56 Å². The van der Waals surface area contributed by atoms with Crippen LogP contribution >= 0.6 is 0 Å². The van der Waals surface area contributed by atoms with Crippen LogP contribution in [0.15, 0.2) is 36.4 Å². The molecule has 2 aromatic rings. The van der Waals surface area contributed by atoms with Crippen LogP contribution in [-0.2, 0) is 0 Å². The highest BCUT2D eigenvalue weighted by Gasteiger charge is 2.02. The average molecular weight is 226 g/mol. The number of nitrogens with zero attached hydrogens (tertiary/aromatic N) is 1. The summed E-state index contributed by atoms with van der Waals surface area (Å²) < 4.78 is 5.19. The standard InChI is InChI=1S/C13H10N2O2/c14-5-6-17-12-4-3-9-7-11(13(15)16)2-1-10(9)8-12/h1-4,7-8H,6H2,(H2,15,16). The lowest BCUT2D eigenvalue weighted by atomic mass is 10.1. The summed E-state index contributed by atoms with van der Waals surface area (Å²) in [7, 11) is 0. The fourth-order valence-corrected chi connectivity index (χ4v) is 1.58. The van der Waals surface area contributed by atoms with E-state index in [2.05, 4.69) is 0 Å². The number of ether oxygens (including phenoxy) is 1. The Morgan fingerprint density at radius 1 is 1.24 bits per heavy atom. The van der Waals surface area contributed by atoms with E-state index in [9.17, 15) is 4.79 Å². The molecule has 0 fully saturated rings. The fraction of sp³-hybridized carbons (Fsp3) is 0.0769. The van der Waals surface area contributed by atoms with Crippen LogP contribution in [-0.4, -0.2) is 12.5 Å². The molecular formula is C13H10N2O2. The zero-order valence-electron chi connectivity index (χ0n) is 9.01. The molecule has 0 aliphatic heterocycles. The molecule has 0 aliphatic rings. The Morgan fingerprint density at radius 3 is 2.65 bits per heavy atom. The molecule has 84 valence electrons. The predicted octanol–water partition coefficient (Wildman–Crippen LogP) is 1.84. The van der Waals surface area contributed by atoms with Crippen molar-refractivity contribution in [2.24, 2.45) is 5.73 Å². The maximum atomic E-state index is 11.0. The number of hydrogen-bond acceptors (Lipinski definition) is 3. The van der Waals surface area contributed by atoms with Crippen molar-refractivity contribution in [3.05, 3.63) is 42.0 Å². The molecule has 2 rings (SSSR count). The SMILES string of the molecule is N#CCOc1ccc2cc(C(N)=O)ccc2c1. The van der Waals surface area contributed by atoms with Gasteiger partial charge in [-0.1, -0.05) is 12.1 Å². The Balaban J connectivity index is 2.40. The molecule has 17 heavy (non-hydrogen) atoms. The Hall–Kier alpha value is -2.54. The lowest BCUT2D eigenvalue weighted by Crippen LogP contribution is -2.10. The van der Waals surface area contributed by atoms with Crippen LogP contribution < -0.4 is 10.5 Å². The molecule has 4 nitrogen and oxygen atoms in total. The number of carbonyl (C=O) groups excluding carboxylic acids is 1. The van der Waals surface area contributed by atoms with Gasteiger partial charge in [0.15, 0.2) is 6.61 Å². The fourth-order valence-electron chi connectivity index (χ4n) is 1.58. The molecule has 0 unspecified atom stereocenters. The second kappa shape index (κ2) is 4.54. The Kier molecular flexibility index (Phi) is 2.93. The third kappa shape index (κ3) is 2.34. The zero-order chi connectivity index (χ0) is 12.3. The van der Waals surface area contributed by atoms with Crippen molar-refractivity contribution in [1.82, 2.24) is 0 Å². The van der Waals surface area contributed by atoms with E-state index in [0.29, 0.717) is 11.3 Å². The van der Waals surface area contributed by atoms with Crippen LogP contribution in [0.25, 0.3) is 10.8 Å². The lowest BCUT2D eigenvalue weighted by Gasteiger charge is -2.04. The predicted molar refractivity (Wildman–Crippen MR) is 63.6 cm³/mol. The van der Waals surface area contributed by atoms with Crippen molar-refractivity contribution in [2.75, 3.05) is 6.61 Å². The van der Waals surface area contributed by atoms with Gasteiger partial charge in [-0.2, -0.15) is 5.26 Å². The number of amides is 1.